The molecule has 0 amide bonds. The minimum absolute atomic E-state index is 0.524. The quantitative estimate of drug-likeness (QED) is 0.0453. The van der Waals surface area contributed by atoms with Gasteiger partial charge >= 0.3 is 28.5 Å². The van der Waals surface area contributed by atoms with E-state index >= 15 is 0 Å². The van der Waals surface area contributed by atoms with Crippen LogP contribution in [0.25, 0.3) is 10.6 Å². The van der Waals surface area contributed by atoms with Crippen LogP contribution < -0.4 is 0 Å². The predicted octanol–water partition coefficient (Wildman–Crippen LogP) is 17.9. The molecule has 0 radical (unpaired) electrons. The summed E-state index contributed by atoms with van der Waals surface area (Å²) in [7, 11) is 0. The third-order valence-electron chi connectivity index (χ3n) is 9.83. The van der Waals surface area contributed by atoms with Crippen LogP contribution in [0.2, 0.25) is 5.28 Å². The van der Waals surface area contributed by atoms with Crippen LogP contribution in [0.15, 0.2) is 0 Å². The minimum atomic E-state index is 0.524. The van der Waals surface area contributed by atoms with Crippen LogP contribution in [0.3, 0.4) is 0 Å². The van der Waals surface area contributed by atoms with Crippen LogP contribution in [-0.4, -0.2) is 42.5 Å². The monoisotopic (exact) mass is 733 g/mol. The molecule has 0 heterocycles. The van der Waals surface area contributed by atoms with Crippen LogP contribution >= 0.6 is 0 Å². The topological polar surface area (TPSA) is 28.2 Å². The molecule has 0 aromatic rings. The Kier molecular flexibility index (Phi) is 51.0. The fraction of sp³-hybridized carbons (Fsp3) is 1.00. The van der Waals surface area contributed by atoms with E-state index in [0.717, 1.165) is 26.2 Å². The van der Waals surface area contributed by atoms with Crippen molar-refractivity contribution in [2.24, 2.45) is 10.8 Å². The van der Waals surface area contributed by atoms with E-state index in [1.165, 1.54) is 211 Å². The van der Waals surface area contributed by atoms with Gasteiger partial charge in [0.05, 0.1) is 0 Å². The zero-order valence-corrected chi connectivity index (χ0v) is 38.8. The summed E-state index contributed by atoms with van der Waals surface area (Å²) >= 11 is 2.58. The molecule has 3 heteroatoms. The molecule has 0 fully saturated rings. The van der Waals surface area contributed by atoms with Gasteiger partial charge in [0, 0.05) is 0 Å². The van der Waals surface area contributed by atoms with Crippen molar-refractivity contribution in [1.29, 1.82) is 0 Å². The van der Waals surface area contributed by atoms with Gasteiger partial charge in [0.2, 0.25) is 0 Å². The Labute approximate surface area is 335 Å². The summed E-state index contributed by atoms with van der Waals surface area (Å²) in [5, 5.41) is 10.6. The Hall–Kier alpha value is 0.452. The Morgan fingerprint density at radius 3 is 0.667 bits per heavy atom. The summed E-state index contributed by atoms with van der Waals surface area (Å²) in [6.45, 7) is 25.2. The van der Waals surface area contributed by atoms with Gasteiger partial charge in [-0.1, -0.05) is 248 Å². The molecule has 0 aliphatic carbocycles. The standard InChI is InChI=1S/2C23H48N.C2H5.Al/c2*1-5-6-7-8-9-12-15-18-21-24-22-19-16-13-10-11-14-17-20-23(2,3)4;1-2;/h2*5-22H2,1-4H3;1H2,2H3;/q2*-1;;+2. The van der Waals surface area contributed by atoms with E-state index in [9.17, 15) is 0 Å². The molecule has 0 rings (SSSR count). The summed E-state index contributed by atoms with van der Waals surface area (Å²) in [5.41, 5.74) is 1.05. The molecule has 0 aromatic carbocycles. The van der Waals surface area contributed by atoms with Crippen LogP contribution in [0.5, 0.6) is 0 Å². The molecule has 0 saturated heterocycles. The molecule has 0 atom stereocenters. The average molecular weight is 733 g/mol. The predicted molar refractivity (Wildman–Crippen MR) is 240 cm³/mol. The van der Waals surface area contributed by atoms with Crippen molar-refractivity contribution in [3.8, 4) is 0 Å². The van der Waals surface area contributed by atoms with Crippen molar-refractivity contribution in [2.75, 3.05) is 26.2 Å². The maximum atomic E-state index is 4.69. The first kappa shape index (κ1) is 55.8. The first-order chi connectivity index (χ1) is 24.5. The fourth-order valence-electron chi connectivity index (χ4n) is 6.46. The summed E-state index contributed by atoms with van der Waals surface area (Å²) in [6.07, 6.45) is 44.9. The van der Waals surface area contributed by atoms with Crippen LogP contribution in [0, 0.1) is 10.8 Å². The van der Waals surface area contributed by atoms with Crippen LogP contribution in [0.1, 0.15) is 268 Å². The molecule has 0 saturated carbocycles. The van der Waals surface area contributed by atoms with Gasteiger partial charge in [-0.3, -0.25) is 0 Å². The zero-order valence-electron chi connectivity index (χ0n) is 37.6. The summed E-state index contributed by atoms with van der Waals surface area (Å²) in [6, 6.07) is 0. The van der Waals surface area contributed by atoms with E-state index in [1.54, 1.807) is 0 Å². The Morgan fingerprint density at radius 2 is 0.471 bits per heavy atom. The normalized spacial score (nSPS) is 11.7. The van der Waals surface area contributed by atoms with E-state index in [4.69, 9.17) is 10.6 Å². The second kappa shape index (κ2) is 46.6. The number of unbranched alkanes of at least 4 members (excludes halogenated alkanes) is 26. The molecular weight excluding hydrogens is 632 g/mol. The van der Waals surface area contributed by atoms with Gasteiger partial charge in [0.25, 0.3) is 0 Å². The molecule has 0 bridgehead atoms. The third kappa shape index (κ3) is 65.7. The van der Waals surface area contributed by atoms with Crippen molar-refractivity contribution in [3.63, 3.8) is 0 Å². The second-order valence-corrected chi connectivity index (χ2v) is 19.1. The van der Waals surface area contributed by atoms with Gasteiger partial charge in [0.1, 0.15) is 0 Å². The number of hydrogen-bond donors (Lipinski definition) is 0. The van der Waals surface area contributed by atoms with E-state index < -0.39 is 0 Å². The van der Waals surface area contributed by atoms with Gasteiger partial charge in [-0.15, -0.1) is 26.2 Å². The molecule has 51 heavy (non-hydrogen) atoms. The summed E-state index contributed by atoms with van der Waals surface area (Å²) < 4.78 is 0. The number of rotatable bonds is 36. The number of hydrogen-bond acceptors (Lipinski definition) is 0. The molecule has 0 unspecified atom stereocenters. The van der Waals surface area contributed by atoms with Crippen LogP contribution in [-0.2, 0) is 0 Å². The first-order valence-electron chi connectivity index (χ1n) is 23.5. The van der Waals surface area contributed by atoms with Gasteiger partial charge < -0.3 is 10.6 Å². The Balaban J connectivity index is -0.000000838. The van der Waals surface area contributed by atoms with E-state index in [1.807, 2.05) is 0 Å². The first-order valence-corrected chi connectivity index (χ1v) is 24.3. The second-order valence-electron chi connectivity index (χ2n) is 18.3. The molecule has 0 aliphatic heterocycles. The van der Waals surface area contributed by atoms with Crippen molar-refractivity contribution >= 4 is 16.3 Å². The fourth-order valence-corrected chi connectivity index (χ4v) is 6.46. The molecule has 306 valence electrons. The molecular formula is C48H101AlN2. The van der Waals surface area contributed by atoms with Gasteiger partial charge in [-0.05, 0) is 23.7 Å². The average Bonchev–Trinajstić information content (AvgIpc) is 3.07. The van der Waals surface area contributed by atoms with Crippen molar-refractivity contribution < 1.29 is 0 Å². The van der Waals surface area contributed by atoms with Crippen molar-refractivity contribution in [3.05, 3.63) is 10.6 Å². The maximum absolute atomic E-state index is 4.69. The van der Waals surface area contributed by atoms with Gasteiger partial charge in [-0.25, -0.2) is 0 Å². The van der Waals surface area contributed by atoms with E-state index in [-0.39, 0.29) is 0 Å². The molecule has 0 aromatic heterocycles. The number of nitrogens with zero attached hydrogens (tertiary/aromatic N) is 2. The molecule has 2 nitrogen and oxygen atoms in total. The molecule has 0 spiro atoms. The summed E-state index contributed by atoms with van der Waals surface area (Å²) in [5.74, 6) is 0. The van der Waals surface area contributed by atoms with Gasteiger partial charge in [-0.2, -0.15) is 0 Å². The Bertz CT molecular complexity index is 529. The Morgan fingerprint density at radius 1 is 0.294 bits per heavy atom. The molecule has 0 aliphatic rings. The van der Waals surface area contributed by atoms with E-state index in [2.05, 4.69) is 78.6 Å². The van der Waals surface area contributed by atoms with E-state index in [0.29, 0.717) is 10.8 Å². The van der Waals surface area contributed by atoms with Crippen molar-refractivity contribution in [1.82, 2.24) is 0 Å². The molecule has 0 N–H and O–H groups in total. The van der Waals surface area contributed by atoms with Crippen LogP contribution in [0.4, 0.5) is 0 Å². The van der Waals surface area contributed by atoms with Gasteiger partial charge in [0.15, 0.2) is 0 Å². The van der Waals surface area contributed by atoms with Crippen molar-refractivity contribution in [2.45, 2.75) is 273 Å². The summed E-state index contributed by atoms with van der Waals surface area (Å²) in [4.78, 5) is 0. The SMILES string of the molecule is CCCCCCCCCC[N-]CCCCCCCCCC(C)(C)C.CCCCCCCCCC[N-]CCCCCCCCCC(C)(C)C.C[CH2][Al+2]. The third-order valence-corrected chi connectivity index (χ3v) is 9.83. The zero-order chi connectivity index (χ0) is 38.6.